The van der Waals surface area contributed by atoms with Crippen LogP contribution in [-0.4, -0.2) is 102 Å². The van der Waals surface area contributed by atoms with E-state index in [1.807, 2.05) is 6.92 Å². The number of hydrogen-bond donors (Lipinski definition) is 2. The van der Waals surface area contributed by atoms with Gasteiger partial charge in [-0.25, -0.2) is 28.0 Å². The van der Waals surface area contributed by atoms with Crippen molar-refractivity contribution in [2.24, 2.45) is 5.92 Å². The molecule has 0 aromatic rings. The topological polar surface area (TPSA) is 108 Å². The van der Waals surface area contributed by atoms with E-state index in [-0.39, 0.29) is 37.1 Å². The normalized spacial score (nSPS) is 42.4. The number of sulfonamides is 1. The lowest BCUT2D eigenvalue weighted by atomic mass is 9.86. The number of carboxylic acids is 1. The number of halogens is 3. The Kier molecular flexibility index (Phi) is 8.67. The molecule has 4 rings (SSSR count). The Morgan fingerprint density at radius 1 is 1.24 bits per heavy atom. The maximum atomic E-state index is 14.4. The smallest absolute Gasteiger partial charge is 0.334 e. The highest BCUT2D eigenvalue weighted by Crippen LogP contribution is 2.37. The van der Waals surface area contributed by atoms with Crippen molar-refractivity contribution in [3.63, 3.8) is 0 Å². The van der Waals surface area contributed by atoms with Crippen molar-refractivity contribution < 1.29 is 32.2 Å². The van der Waals surface area contributed by atoms with Crippen molar-refractivity contribution in [3.8, 4) is 0 Å². The first kappa shape index (κ1) is 26.8. The summed E-state index contributed by atoms with van der Waals surface area (Å²) in [5.41, 5.74) is 2.13. The number of fused-ring (bicyclic) bond motifs is 1. The van der Waals surface area contributed by atoms with E-state index < -0.39 is 51.2 Å². The first-order chi connectivity index (χ1) is 16.1. The first-order valence-electron chi connectivity index (χ1n) is 12.1. The molecule has 4 fully saturated rings. The molecule has 2 saturated carbocycles. The number of rotatable bonds is 7. The van der Waals surface area contributed by atoms with Gasteiger partial charge in [-0.1, -0.05) is 6.92 Å². The fourth-order valence-corrected chi connectivity index (χ4v) is 8.57. The molecule has 2 aliphatic carbocycles. The van der Waals surface area contributed by atoms with Crippen molar-refractivity contribution in [2.75, 3.05) is 26.2 Å². The van der Waals surface area contributed by atoms with Crippen molar-refractivity contribution in [1.29, 1.82) is 0 Å². The van der Waals surface area contributed by atoms with Crippen molar-refractivity contribution >= 4 is 39.2 Å². The quantitative estimate of drug-likeness (QED) is 0.369. The molecule has 0 spiro atoms. The third kappa shape index (κ3) is 5.51. The molecule has 13 heteroatoms. The van der Waals surface area contributed by atoms with Crippen LogP contribution >= 0.6 is 23.2 Å². The van der Waals surface area contributed by atoms with E-state index in [4.69, 9.17) is 32.7 Å². The standard InChI is InChI=1S/C21H34Cl2FN3O6S/c1-2-26-10-19(20(23)25-26)34(30,31)27-9-18(21(28)29)33-17-7-6-12(8-16(17)27)32-11-13-14(22)4-3-5-15(13)24/h12-20,25H,2-11H2,1H3,(H,28,29). The fraction of sp³-hybridized carbons (Fsp3) is 0.952. The minimum atomic E-state index is -3.95. The largest absolute Gasteiger partial charge is 0.479 e. The molecule has 9 atom stereocenters. The summed E-state index contributed by atoms with van der Waals surface area (Å²) in [7, 11) is -3.95. The summed E-state index contributed by atoms with van der Waals surface area (Å²) in [5, 5.41) is 10.1. The van der Waals surface area contributed by atoms with Gasteiger partial charge in [-0.3, -0.25) is 0 Å². The zero-order valence-corrected chi connectivity index (χ0v) is 21.5. The molecule has 34 heavy (non-hydrogen) atoms. The Balaban J connectivity index is 1.49. The van der Waals surface area contributed by atoms with E-state index in [0.29, 0.717) is 32.2 Å². The fourth-order valence-electron chi connectivity index (χ4n) is 5.55. The Morgan fingerprint density at radius 3 is 2.65 bits per heavy atom. The van der Waals surface area contributed by atoms with Crippen LogP contribution in [0.2, 0.25) is 0 Å². The first-order valence-corrected chi connectivity index (χ1v) is 14.4. The van der Waals surface area contributed by atoms with Gasteiger partial charge in [-0.2, -0.15) is 4.31 Å². The van der Waals surface area contributed by atoms with E-state index in [9.17, 15) is 22.7 Å². The maximum absolute atomic E-state index is 14.4. The van der Waals surface area contributed by atoms with Gasteiger partial charge in [0.2, 0.25) is 10.0 Å². The average Bonchev–Trinajstić information content (AvgIpc) is 3.19. The molecule has 2 saturated heterocycles. The SMILES string of the molecule is CCN1CC(S(=O)(=O)N2CC(C(=O)O)OC3CCC(OCC4C(F)CCCC4Cl)CC32)C(Cl)N1. The van der Waals surface area contributed by atoms with Gasteiger partial charge in [0.15, 0.2) is 6.10 Å². The van der Waals surface area contributed by atoms with E-state index in [0.717, 1.165) is 12.8 Å². The second-order valence-electron chi connectivity index (χ2n) is 9.69. The van der Waals surface area contributed by atoms with Crippen LogP contribution in [0.3, 0.4) is 0 Å². The van der Waals surface area contributed by atoms with Crippen LogP contribution in [0.1, 0.15) is 45.4 Å². The van der Waals surface area contributed by atoms with Gasteiger partial charge < -0.3 is 14.6 Å². The lowest BCUT2D eigenvalue weighted by molar-refractivity contribution is -0.173. The zero-order valence-electron chi connectivity index (χ0n) is 19.2. The molecule has 196 valence electrons. The van der Waals surface area contributed by atoms with Gasteiger partial charge >= 0.3 is 5.97 Å². The molecule has 9 nitrogen and oxygen atoms in total. The monoisotopic (exact) mass is 545 g/mol. The molecular weight excluding hydrogens is 512 g/mol. The number of hydrogen-bond acceptors (Lipinski definition) is 7. The number of morpholine rings is 1. The summed E-state index contributed by atoms with van der Waals surface area (Å²) in [6.45, 7) is 2.58. The molecule has 2 N–H and O–H groups in total. The van der Waals surface area contributed by atoms with Gasteiger partial charge in [-0.05, 0) is 38.5 Å². The molecule has 0 aromatic carbocycles. The van der Waals surface area contributed by atoms with E-state index in [1.165, 1.54) is 4.31 Å². The van der Waals surface area contributed by atoms with Crippen molar-refractivity contribution in [3.05, 3.63) is 0 Å². The summed E-state index contributed by atoms with van der Waals surface area (Å²) < 4.78 is 54.9. The summed E-state index contributed by atoms with van der Waals surface area (Å²) in [6, 6.07) is -0.571. The molecule has 0 aromatic heterocycles. The van der Waals surface area contributed by atoms with Crippen molar-refractivity contribution in [1.82, 2.24) is 14.7 Å². The third-order valence-corrected chi connectivity index (χ3v) is 10.9. The van der Waals surface area contributed by atoms with Crippen LogP contribution in [0.5, 0.6) is 0 Å². The van der Waals surface area contributed by atoms with Gasteiger partial charge in [-0.15, -0.1) is 23.2 Å². The van der Waals surface area contributed by atoms with Gasteiger partial charge in [0.25, 0.3) is 0 Å². The highest BCUT2D eigenvalue weighted by molar-refractivity contribution is 7.89. The molecule has 4 aliphatic rings. The molecule has 0 bridgehead atoms. The number of aliphatic carboxylic acids is 1. The van der Waals surface area contributed by atoms with Crippen LogP contribution in [0.15, 0.2) is 0 Å². The molecular formula is C21H34Cl2FN3O6S. The van der Waals surface area contributed by atoms with E-state index in [1.54, 1.807) is 5.01 Å². The van der Waals surface area contributed by atoms with Crippen LogP contribution in [-0.2, 0) is 24.3 Å². The predicted octanol–water partition coefficient (Wildman–Crippen LogP) is 1.93. The summed E-state index contributed by atoms with van der Waals surface area (Å²) in [4.78, 5) is 11.7. The maximum Gasteiger partial charge on any atom is 0.334 e. The Morgan fingerprint density at radius 2 is 2.00 bits per heavy atom. The molecule has 0 radical (unpaired) electrons. The number of alkyl halides is 3. The highest BCUT2D eigenvalue weighted by atomic mass is 35.5. The van der Waals surface area contributed by atoms with Crippen LogP contribution in [0.25, 0.3) is 0 Å². The van der Waals surface area contributed by atoms with E-state index >= 15 is 0 Å². The van der Waals surface area contributed by atoms with Gasteiger partial charge in [0, 0.05) is 24.4 Å². The van der Waals surface area contributed by atoms with Gasteiger partial charge in [0.1, 0.15) is 16.9 Å². The van der Waals surface area contributed by atoms with E-state index in [2.05, 4.69) is 5.43 Å². The lowest BCUT2D eigenvalue weighted by Gasteiger charge is -2.47. The Bertz CT molecular complexity index is 831. The highest BCUT2D eigenvalue weighted by Gasteiger charge is 2.52. The van der Waals surface area contributed by atoms with Crippen LogP contribution in [0.4, 0.5) is 4.39 Å². The number of hydrazine groups is 1. The summed E-state index contributed by atoms with van der Waals surface area (Å²) in [5.74, 6) is -1.58. The molecule has 0 amide bonds. The predicted molar refractivity (Wildman–Crippen MR) is 125 cm³/mol. The molecule has 9 unspecified atom stereocenters. The Labute approximate surface area is 210 Å². The second-order valence-corrected chi connectivity index (χ2v) is 12.8. The number of nitrogens with one attached hydrogen (secondary N) is 1. The summed E-state index contributed by atoms with van der Waals surface area (Å²) >= 11 is 12.7. The number of nitrogens with zero attached hydrogens (tertiary/aromatic N) is 2. The second kappa shape index (κ2) is 11.0. The number of carboxylic acid groups (broad SMARTS) is 1. The summed E-state index contributed by atoms with van der Waals surface area (Å²) in [6.07, 6.45) is 0.276. The minimum Gasteiger partial charge on any atom is -0.479 e. The average molecular weight is 546 g/mol. The Hall–Kier alpha value is -0.270. The van der Waals surface area contributed by atoms with Crippen LogP contribution in [0, 0.1) is 5.92 Å². The van der Waals surface area contributed by atoms with Gasteiger partial charge in [0.05, 0.1) is 31.4 Å². The molecule has 2 heterocycles. The van der Waals surface area contributed by atoms with Crippen LogP contribution < -0.4 is 5.43 Å². The zero-order chi connectivity index (χ0) is 24.6. The molecule has 2 aliphatic heterocycles. The number of ether oxygens (including phenoxy) is 2. The minimum absolute atomic E-state index is 0.185. The third-order valence-electron chi connectivity index (χ3n) is 7.57. The van der Waals surface area contributed by atoms with Crippen molar-refractivity contribution in [2.45, 2.75) is 92.1 Å². The lowest BCUT2D eigenvalue weighted by Crippen LogP contribution is -2.63. The number of carbonyl (C=O) groups is 1.